The van der Waals surface area contributed by atoms with Crippen molar-refractivity contribution in [2.24, 2.45) is 0 Å². The fourth-order valence-corrected chi connectivity index (χ4v) is 2.01. The molecule has 2 rings (SSSR count). The third-order valence-electron chi connectivity index (χ3n) is 3.16. The van der Waals surface area contributed by atoms with E-state index in [-0.39, 0.29) is 5.56 Å². The van der Waals surface area contributed by atoms with Crippen LogP contribution in [0.2, 0.25) is 0 Å². The fourth-order valence-electron chi connectivity index (χ4n) is 2.01. The summed E-state index contributed by atoms with van der Waals surface area (Å²) in [5.74, 6) is -0.154. The maximum atomic E-state index is 11.1. The molecule has 0 radical (unpaired) electrons. The predicted octanol–water partition coefficient (Wildman–Crippen LogP) is 2.75. The number of hydrogen-bond donors (Lipinski definition) is 2. The van der Waals surface area contributed by atoms with Crippen LogP contribution in [0.1, 0.15) is 21.6 Å². The van der Waals surface area contributed by atoms with E-state index < -0.39 is 5.97 Å². The Balaban J connectivity index is 1.99. The zero-order valence-electron chi connectivity index (χ0n) is 12.1. The summed E-state index contributed by atoms with van der Waals surface area (Å²) in [6, 6.07) is 9.56. The average Bonchev–Trinajstić information content (AvgIpc) is 2.48. The summed E-state index contributed by atoms with van der Waals surface area (Å²) < 4.78 is 5.11. The molecule has 0 aliphatic rings. The molecular weight excluding hydrogens is 268 g/mol. The van der Waals surface area contributed by atoms with Gasteiger partial charge in [0.25, 0.3) is 0 Å². The van der Waals surface area contributed by atoms with Crippen molar-refractivity contribution >= 4 is 11.7 Å². The number of ether oxygens (including phenoxy) is 1. The van der Waals surface area contributed by atoms with Crippen LogP contribution in [0.5, 0.6) is 5.75 Å². The molecule has 110 valence electrons. The number of pyridine rings is 1. The zero-order valence-corrected chi connectivity index (χ0v) is 12.1. The molecular formula is C16H18N2O3. The fraction of sp³-hybridized carbons (Fsp3) is 0.250. The van der Waals surface area contributed by atoms with Crippen molar-refractivity contribution in [1.82, 2.24) is 4.98 Å². The summed E-state index contributed by atoms with van der Waals surface area (Å²) in [6.45, 7) is 2.48. The average molecular weight is 286 g/mol. The minimum Gasteiger partial charge on any atom is -0.497 e. The molecule has 0 aliphatic heterocycles. The third kappa shape index (κ3) is 3.95. The molecule has 0 spiro atoms. The lowest BCUT2D eigenvalue weighted by Crippen LogP contribution is -2.10. The number of carboxylic acids is 1. The largest absolute Gasteiger partial charge is 0.497 e. The molecule has 0 unspecified atom stereocenters. The summed E-state index contributed by atoms with van der Waals surface area (Å²) in [4.78, 5) is 15.2. The molecule has 1 aromatic carbocycles. The lowest BCUT2D eigenvalue weighted by atomic mass is 10.1. The second kappa shape index (κ2) is 6.74. The number of aromatic carboxylic acids is 1. The number of hydrogen-bond acceptors (Lipinski definition) is 4. The van der Waals surface area contributed by atoms with Gasteiger partial charge in [0, 0.05) is 18.4 Å². The predicted molar refractivity (Wildman–Crippen MR) is 81.1 cm³/mol. The van der Waals surface area contributed by atoms with Gasteiger partial charge in [0.15, 0.2) is 0 Å². The minimum atomic E-state index is -0.977. The van der Waals surface area contributed by atoms with Crippen LogP contribution in [0.4, 0.5) is 5.69 Å². The summed E-state index contributed by atoms with van der Waals surface area (Å²) in [5, 5.41) is 12.3. The zero-order chi connectivity index (χ0) is 15.2. The highest BCUT2D eigenvalue weighted by Gasteiger charge is 2.10. The monoisotopic (exact) mass is 286 g/mol. The van der Waals surface area contributed by atoms with Gasteiger partial charge >= 0.3 is 5.97 Å². The Kier molecular flexibility index (Phi) is 4.77. The molecule has 1 aromatic heterocycles. The number of nitrogens with one attached hydrogen (secondary N) is 1. The quantitative estimate of drug-likeness (QED) is 0.854. The number of aryl methyl sites for hydroxylation is 1. The van der Waals surface area contributed by atoms with E-state index in [1.54, 1.807) is 13.2 Å². The minimum absolute atomic E-state index is 0.190. The normalized spacial score (nSPS) is 10.2. The first-order valence-corrected chi connectivity index (χ1v) is 6.67. The van der Waals surface area contributed by atoms with Crippen molar-refractivity contribution in [3.63, 3.8) is 0 Å². The Bertz CT molecular complexity index is 624. The van der Waals surface area contributed by atoms with Crippen molar-refractivity contribution in [3.05, 3.63) is 53.3 Å². The van der Waals surface area contributed by atoms with Gasteiger partial charge in [0.05, 0.1) is 12.8 Å². The second-order valence-corrected chi connectivity index (χ2v) is 4.70. The molecule has 1 heterocycles. The molecule has 0 amide bonds. The number of benzene rings is 1. The van der Waals surface area contributed by atoms with E-state index in [1.807, 2.05) is 31.2 Å². The van der Waals surface area contributed by atoms with Gasteiger partial charge in [0.1, 0.15) is 11.3 Å². The standard InChI is InChI=1S/C16H18N2O3/c1-11-9-15(14(10-18-11)16(19)20)17-8-7-12-3-5-13(21-2)6-4-12/h3-6,9-10H,7-8H2,1-2H3,(H,17,18)(H,19,20). The summed E-state index contributed by atoms with van der Waals surface area (Å²) in [5.41, 5.74) is 2.73. The van der Waals surface area contributed by atoms with Crippen molar-refractivity contribution in [3.8, 4) is 5.75 Å². The van der Waals surface area contributed by atoms with E-state index in [4.69, 9.17) is 9.84 Å². The van der Waals surface area contributed by atoms with Gasteiger partial charge in [-0.1, -0.05) is 12.1 Å². The van der Waals surface area contributed by atoms with E-state index in [2.05, 4.69) is 10.3 Å². The second-order valence-electron chi connectivity index (χ2n) is 4.70. The van der Waals surface area contributed by atoms with Gasteiger partial charge in [-0.2, -0.15) is 0 Å². The Morgan fingerprint density at radius 3 is 2.67 bits per heavy atom. The molecule has 0 fully saturated rings. The van der Waals surface area contributed by atoms with E-state index >= 15 is 0 Å². The van der Waals surface area contributed by atoms with E-state index in [0.29, 0.717) is 12.2 Å². The first-order valence-electron chi connectivity index (χ1n) is 6.67. The Labute approximate surface area is 123 Å². The number of anilines is 1. The van der Waals surface area contributed by atoms with E-state index in [9.17, 15) is 4.79 Å². The summed E-state index contributed by atoms with van der Waals surface area (Å²) in [7, 11) is 1.63. The van der Waals surface area contributed by atoms with Gasteiger partial charge in [-0.3, -0.25) is 4.98 Å². The van der Waals surface area contributed by atoms with Gasteiger partial charge in [0.2, 0.25) is 0 Å². The van der Waals surface area contributed by atoms with Gasteiger partial charge in [-0.25, -0.2) is 4.79 Å². The highest BCUT2D eigenvalue weighted by Crippen LogP contribution is 2.16. The van der Waals surface area contributed by atoms with Gasteiger partial charge in [-0.05, 0) is 37.1 Å². The SMILES string of the molecule is COc1ccc(CCNc2cc(C)ncc2C(=O)O)cc1. The molecule has 0 atom stereocenters. The van der Waals surface area contributed by atoms with Crippen LogP contribution < -0.4 is 10.1 Å². The number of carboxylic acid groups (broad SMARTS) is 1. The molecule has 0 saturated heterocycles. The highest BCUT2D eigenvalue weighted by molar-refractivity contribution is 5.93. The topological polar surface area (TPSA) is 71.5 Å². The van der Waals surface area contributed by atoms with Gasteiger partial charge < -0.3 is 15.2 Å². The smallest absolute Gasteiger partial charge is 0.339 e. The first-order chi connectivity index (χ1) is 10.1. The third-order valence-corrected chi connectivity index (χ3v) is 3.16. The van der Waals surface area contributed by atoms with Crippen LogP contribution >= 0.6 is 0 Å². The van der Waals surface area contributed by atoms with Crippen LogP contribution in [0.15, 0.2) is 36.5 Å². The van der Waals surface area contributed by atoms with Crippen molar-refractivity contribution in [2.45, 2.75) is 13.3 Å². The van der Waals surface area contributed by atoms with Crippen molar-refractivity contribution < 1.29 is 14.6 Å². The van der Waals surface area contributed by atoms with Crippen molar-refractivity contribution in [1.29, 1.82) is 0 Å². The molecule has 0 bridgehead atoms. The lowest BCUT2D eigenvalue weighted by Gasteiger charge is -2.10. The number of aromatic nitrogens is 1. The van der Waals surface area contributed by atoms with Crippen LogP contribution in [0, 0.1) is 6.92 Å². The maximum Gasteiger partial charge on any atom is 0.339 e. The Morgan fingerprint density at radius 1 is 1.33 bits per heavy atom. The van der Waals surface area contributed by atoms with Gasteiger partial charge in [-0.15, -0.1) is 0 Å². The molecule has 0 saturated carbocycles. The molecule has 2 N–H and O–H groups in total. The number of methoxy groups -OCH3 is 1. The van der Waals surface area contributed by atoms with Crippen LogP contribution in [0.25, 0.3) is 0 Å². The lowest BCUT2D eigenvalue weighted by molar-refractivity contribution is 0.0697. The maximum absolute atomic E-state index is 11.1. The number of carbonyl (C=O) groups is 1. The van der Waals surface area contributed by atoms with E-state index in [1.165, 1.54) is 6.20 Å². The molecule has 5 nitrogen and oxygen atoms in total. The number of nitrogens with zero attached hydrogens (tertiary/aromatic N) is 1. The molecule has 21 heavy (non-hydrogen) atoms. The Hall–Kier alpha value is -2.56. The number of rotatable bonds is 6. The van der Waals surface area contributed by atoms with Crippen LogP contribution in [-0.4, -0.2) is 29.7 Å². The van der Waals surface area contributed by atoms with Crippen LogP contribution in [0.3, 0.4) is 0 Å². The summed E-state index contributed by atoms with van der Waals surface area (Å²) in [6.07, 6.45) is 2.18. The van der Waals surface area contributed by atoms with Crippen LogP contribution in [-0.2, 0) is 6.42 Å². The summed E-state index contributed by atoms with van der Waals surface area (Å²) >= 11 is 0. The molecule has 0 aliphatic carbocycles. The highest BCUT2D eigenvalue weighted by atomic mass is 16.5. The van der Waals surface area contributed by atoms with E-state index in [0.717, 1.165) is 23.4 Å². The first kappa shape index (κ1) is 14.8. The van der Waals surface area contributed by atoms with Crippen molar-refractivity contribution in [2.75, 3.05) is 19.0 Å². The molecule has 5 heteroatoms. The molecule has 2 aromatic rings. The Morgan fingerprint density at radius 2 is 2.05 bits per heavy atom.